The monoisotopic (exact) mass is 222 g/mol. The van der Waals surface area contributed by atoms with E-state index in [1.54, 1.807) is 0 Å². The average molecular weight is 222 g/mol. The maximum Gasteiger partial charge on any atom is -0.00536 e. The molecule has 0 rings (SSSR count). The van der Waals surface area contributed by atoms with Gasteiger partial charge in [-0.15, -0.1) is 0 Å². The first-order chi connectivity index (χ1) is 7.78. The molecule has 0 amide bonds. The molecule has 0 fully saturated rings. The van der Waals surface area contributed by atoms with Crippen molar-refractivity contribution in [1.29, 1.82) is 0 Å². The molecule has 0 aliphatic heterocycles. The molecule has 0 heteroatoms. The van der Waals surface area contributed by atoms with E-state index in [-0.39, 0.29) is 0 Å². The maximum absolute atomic E-state index is 2.47. The van der Waals surface area contributed by atoms with Crippen LogP contribution in [0.5, 0.6) is 0 Å². The van der Waals surface area contributed by atoms with Crippen LogP contribution >= 0.6 is 0 Å². The van der Waals surface area contributed by atoms with Crippen molar-refractivity contribution in [3.05, 3.63) is 24.3 Å². The fraction of sp³-hybridized carbons (Fsp3) is 0.750. The molecule has 0 spiro atoms. The van der Waals surface area contributed by atoms with Gasteiger partial charge in [-0.2, -0.15) is 0 Å². The zero-order valence-corrected chi connectivity index (χ0v) is 11.7. The predicted octanol–water partition coefficient (Wildman–Crippen LogP) is 5.75. The highest BCUT2D eigenvalue weighted by Crippen LogP contribution is 2.18. The van der Waals surface area contributed by atoms with Crippen molar-refractivity contribution in [2.75, 3.05) is 0 Å². The Bertz CT molecular complexity index is 182. The fourth-order valence-corrected chi connectivity index (χ4v) is 2.22. The van der Waals surface area contributed by atoms with E-state index in [9.17, 15) is 0 Å². The lowest BCUT2D eigenvalue weighted by Gasteiger charge is -2.12. The smallest absolute Gasteiger partial charge is 0.00536 e. The lowest BCUT2D eigenvalue weighted by molar-refractivity contribution is 0.525. The first kappa shape index (κ1) is 15.5. The van der Waals surface area contributed by atoms with Gasteiger partial charge in [-0.25, -0.2) is 0 Å². The molecule has 16 heavy (non-hydrogen) atoms. The Morgan fingerprint density at radius 1 is 0.750 bits per heavy atom. The van der Waals surface area contributed by atoms with Crippen LogP contribution in [-0.4, -0.2) is 0 Å². The van der Waals surface area contributed by atoms with E-state index >= 15 is 0 Å². The molecule has 0 aliphatic rings. The lowest BCUT2D eigenvalue weighted by Crippen LogP contribution is -1.97. The summed E-state index contributed by atoms with van der Waals surface area (Å²) in [6, 6.07) is 0. The zero-order chi connectivity index (χ0) is 12.2. The van der Waals surface area contributed by atoms with E-state index in [4.69, 9.17) is 0 Å². The SMILES string of the molecule is CC=CC(C=CC(CCC)CCC)CCC. The summed E-state index contributed by atoms with van der Waals surface area (Å²) in [6.07, 6.45) is 17.3. The molecule has 0 saturated heterocycles. The molecule has 0 aromatic heterocycles. The van der Waals surface area contributed by atoms with Gasteiger partial charge in [0, 0.05) is 0 Å². The van der Waals surface area contributed by atoms with Crippen molar-refractivity contribution in [2.45, 2.75) is 66.2 Å². The van der Waals surface area contributed by atoms with E-state index in [1.807, 2.05) is 0 Å². The highest BCUT2D eigenvalue weighted by molar-refractivity contribution is 5.01. The molecule has 0 heterocycles. The Kier molecular flexibility index (Phi) is 10.6. The summed E-state index contributed by atoms with van der Waals surface area (Å²) in [7, 11) is 0. The van der Waals surface area contributed by atoms with E-state index in [0.717, 1.165) is 5.92 Å². The molecule has 0 N–H and O–H groups in total. The largest absolute Gasteiger partial charge is 0.0911 e. The zero-order valence-electron chi connectivity index (χ0n) is 11.7. The molecule has 0 aliphatic carbocycles. The summed E-state index contributed by atoms with van der Waals surface area (Å²) in [5, 5.41) is 0. The molecule has 0 aromatic rings. The molecule has 1 atom stereocenters. The minimum Gasteiger partial charge on any atom is -0.0911 e. The number of hydrogen-bond acceptors (Lipinski definition) is 0. The summed E-state index contributed by atoms with van der Waals surface area (Å²) in [5.41, 5.74) is 0. The second-order valence-electron chi connectivity index (χ2n) is 4.70. The number of allylic oxidation sites excluding steroid dienone is 4. The van der Waals surface area contributed by atoms with Crippen LogP contribution in [-0.2, 0) is 0 Å². The maximum atomic E-state index is 2.47. The first-order valence-corrected chi connectivity index (χ1v) is 7.09. The van der Waals surface area contributed by atoms with Crippen molar-refractivity contribution in [3.8, 4) is 0 Å². The predicted molar refractivity (Wildman–Crippen MR) is 75.7 cm³/mol. The van der Waals surface area contributed by atoms with Gasteiger partial charge in [-0.05, 0) is 38.0 Å². The van der Waals surface area contributed by atoms with E-state index in [1.165, 1.54) is 38.5 Å². The van der Waals surface area contributed by atoms with Crippen LogP contribution in [0.1, 0.15) is 66.2 Å². The van der Waals surface area contributed by atoms with Gasteiger partial charge >= 0.3 is 0 Å². The summed E-state index contributed by atoms with van der Waals surface area (Å²) in [4.78, 5) is 0. The van der Waals surface area contributed by atoms with Gasteiger partial charge < -0.3 is 0 Å². The van der Waals surface area contributed by atoms with Crippen molar-refractivity contribution in [3.63, 3.8) is 0 Å². The molecule has 0 saturated carbocycles. The van der Waals surface area contributed by atoms with Gasteiger partial charge in [0.25, 0.3) is 0 Å². The Labute approximate surface area is 103 Å². The minimum absolute atomic E-state index is 0.659. The normalized spacial score (nSPS) is 14.3. The molecule has 94 valence electrons. The van der Waals surface area contributed by atoms with Crippen LogP contribution < -0.4 is 0 Å². The van der Waals surface area contributed by atoms with Crippen molar-refractivity contribution in [1.82, 2.24) is 0 Å². The van der Waals surface area contributed by atoms with Crippen molar-refractivity contribution in [2.24, 2.45) is 11.8 Å². The average Bonchev–Trinajstić information content (AvgIpc) is 2.27. The lowest BCUT2D eigenvalue weighted by atomic mass is 9.94. The van der Waals surface area contributed by atoms with Crippen LogP contribution in [0.15, 0.2) is 24.3 Å². The summed E-state index contributed by atoms with van der Waals surface area (Å²) < 4.78 is 0. The Balaban J connectivity index is 4.23. The van der Waals surface area contributed by atoms with E-state index in [0.29, 0.717) is 5.92 Å². The highest BCUT2D eigenvalue weighted by Gasteiger charge is 2.03. The molecular formula is C16H30. The van der Waals surface area contributed by atoms with E-state index < -0.39 is 0 Å². The van der Waals surface area contributed by atoms with Crippen LogP contribution in [0.4, 0.5) is 0 Å². The fourth-order valence-electron chi connectivity index (χ4n) is 2.22. The second-order valence-corrected chi connectivity index (χ2v) is 4.70. The van der Waals surface area contributed by atoms with Crippen LogP contribution in [0.25, 0.3) is 0 Å². The first-order valence-electron chi connectivity index (χ1n) is 7.09. The third-order valence-corrected chi connectivity index (χ3v) is 3.01. The molecule has 0 bridgehead atoms. The molecular weight excluding hydrogens is 192 g/mol. The van der Waals surface area contributed by atoms with Gasteiger partial charge in [-0.1, -0.05) is 64.3 Å². The quantitative estimate of drug-likeness (QED) is 0.436. The summed E-state index contributed by atoms with van der Waals surface area (Å²) in [5.74, 6) is 1.46. The number of hydrogen-bond donors (Lipinski definition) is 0. The molecule has 0 radical (unpaired) electrons. The molecule has 0 aromatic carbocycles. The van der Waals surface area contributed by atoms with Crippen LogP contribution in [0.2, 0.25) is 0 Å². The third kappa shape index (κ3) is 7.73. The molecule has 1 unspecified atom stereocenters. The Morgan fingerprint density at radius 3 is 1.75 bits per heavy atom. The van der Waals surface area contributed by atoms with Gasteiger partial charge in [0.15, 0.2) is 0 Å². The van der Waals surface area contributed by atoms with Gasteiger partial charge in [0.1, 0.15) is 0 Å². The summed E-state index contributed by atoms with van der Waals surface area (Å²) in [6.45, 7) is 8.95. The third-order valence-electron chi connectivity index (χ3n) is 3.01. The van der Waals surface area contributed by atoms with Crippen LogP contribution in [0.3, 0.4) is 0 Å². The standard InChI is InChI=1S/C16H30/c1-5-9-15(10-6-2)13-14-16(11-7-3)12-8-4/h5,9,13-16H,6-8,10-12H2,1-4H3. The van der Waals surface area contributed by atoms with Gasteiger partial charge in [0.2, 0.25) is 0 Å². The van der Waals surface area contributed by atoms with Crippen LogP contribution in [0, 0.1) is 11.8 Å². The Hall–Kier alpha value is -0.520. The summed E-state index contributed by atoms with van der Waals surface area (Å²) >= 11 is 0. The number of rotatable bonds is 9. The van der Waals surface area contributed by atoms with E-state index in [2.05, 4.69) is 52.0 Å². The minimum atomic E-state index is 0.659. The van der Waals surface area contributed by atoms with Crippen molar-refractivity contribution < 1.29 is 0 Å². The van der Waals surface area contributed by atoms with Gasteiger partial charge in [0.05, 0.1) is 0 Å². The van der Waals surface area contributed by atoms with Gasteiger partial charge in [-0.3, -0.25) is 0 Å². The topological polar surface area (TPSA) is 0 Å². The highest BCUT2D eigenvalue weighted by atomic mass is 14.1. The Morgan fingerprint density at radius 2 is 1.31 bits per heavy atom. The van der Waals surface area contributed by atoms with Crippen molar-refractivity contribution >= 4 is 0 Å². The second kappa shape index (κ2) is 11.0. The molecule has 0 nitrogen and oxygen atoms in total.